The quantitative estimate of drug-likeness (QED) is 0.494. The fraction of sp³-hybridized carbons (Fsp3) is 0.308. The molecule has 2 heterocycles. The van der Waals surface area contributed by atoms with Crippen molar-refractivity contribution in [1.82, 2.24) is 10.3 Å². The molecule has 0 amide bonds. The van der Waals surface area contributed by atoms with Crippen LogP contribution in [0.4, 0.5) is 10.1 Å². The number of aromatic nitrogens is 1. The van der Waals surface area contributed by atoms with Crippen molar-refractivity contribution >= 4 is 11.7 Å². The van der Waals surface area contributed by atoms with E-state index in [1.807, 2.05) is 37.3 Å². The van der Waals surface area contributed by atoms with Gasteiger partial charge in [-0.3, -0.25) is 9.78 Å². The highest BCUT2D eigenvalue weighted by molar-refractivity contribution is 5.70. The molecule has 3 aromatic rings. The van der Waals surface area contributed by atoms with Crippen LogP contribution in [0.2, 0.25) is 0 Å². The molecule has 32 heavy (non-hydrogen) atoms. The summed E-state index contributed by atoms with van der Waals surface area (Å²) in [5.41, 5.74) is 5.86. The van der Waals surface area contributed by atoms with Crippen LogP contribution >= 0.6 is 0 Å². The summed E-state index contributed by atoms with van der Waals surface area (Å²) in [6.07, 6.45) is 2.89. The predicted octanol–water partition coefficient (Wildman–Crippen LogP) is 4.31. The van der Waals surface area contributed by atoms with Crippen molar-refractivity contribution in [3.05, 3.63) is 94.6 Å². The Morgan fingerprint density at radius 3 is 2.84 bits per heavy atom. The molecule has 1 aliphatic rings. The largest absolute Gasteiger partial charge is 0.481 e. The first-order chi connectivity index (χ1) is 15.5. The number of hydrogen-bond donors (Lipinski definition) is 3. The average molecular weight is 434 g/mol. The highest BCUT2D eigenvalue weighted by Gasteiger charge is 2.28. The number of benzene rings is 2. The van der Waals surface area contributed by atoms with E-state index in [2.05, 4.69) is 33.8 Å². The number of nitrogens with zero attached hydrogens (tertiary/aromatic N) is 1. The maximum absolute atomic E-state index is 13.5. The number of pyridine rings is 1. The minimum absolute atomic E-state index is 0.0422. The van der Waals surface area contributed by atoms with Gasteiger partial charge in [-0.05, 0) is 48.6 Å². The van der Waals surface area contributed by atoms with Crippen molar-refractivity contribution in [2.24, 2.45) is 5.92 Å². The maximum atomic E-state index is 13.5. The van der Waals surface area contributed by atoms with E-state index in [0.29, 0.717) is 0 Å². The summed E-state index contributed by atoms with van der Waals surface area (Å²) in [5.74, 6) is -0.873. The molecule has 1 aliphatic heterocycles. The Morgan fingerprint density at radius 2 is 2.06 bits per heavy atom. The number of carbonyl (C=O) groups is 1. The molecule has 3 N–H and O–H groups in total. The second-order valence-electron chi connectivity index (χ2n) is 8.42. The van der Waals surface area contributed by atoms with Crippen LogP contribution in [0.15, 0.2) is 60.8 Å². The van der Waals surface area contributed by atoms with Crippen LogP contribution in [0.1, 0.15) is 34.0 Å². The summed E-state index contributed by atoms with van der Waals surface area (Å²) in [7, 11) is 0. The van der Waals surface area contributed by atoms with Crippen LogP contribution < -0.4 is 10.6 Å². The molecule has 6 heteroatoms. The van der Waals surface area contributed by atoms with Crippen molar-refractivity contribution in [2.75, 3.05) is 18.4 Å². The lowest BCUT2D eigenvalue weighted by atomic mass is 9.86. The second kappa shape index (κ2) is 9.92. The summed E-state index contributed by atoms with van der Waals surface area (Å²) in [5, 5.41) is 16.2. The number of nitrogens with one attached hydrogen (secondary N) is 2. The Labute approximate surface area is 187 Å². The summed E-state index contributed by atoms with van der Waals surface area (Å²) in [4.78, 5) is 15.4. The van der Waals surface area contributed by atoms with Gasteiger partial charge in [0.1, 0.15) is 5.82 Å². The molecule has 0 saturated carbocycles. The molecule has 1 unspecified atom stereocenters. The van der Waals surface area contributed by atoms with Gasteiger partial charge in [0, 0.05) is 24.6 Å². The van der Waals surface area contributed by atoms with Crippen molar-refractivity contribution in [2.45, 2.75) is 32.2 Å². The molecule has 2 aromatic carbocycles. The zero-order chi connectivity index (χ0) is 22.5. The Kier molecular flexibility index (Phi) is 6.81. The van der Waals surface area contributed by atoms with Gasteiger partial charge in [-0.2, -0.15) is 0 Å². The van der Waals surface area contributed by atoms with Crippen LogP contribution in [0.25, 0.3) is 0 Å². The van der Waals surface area contributed by atoms with Crippen LogP contribution in [-0.2, 0) is 24.1 Å². The lowest BCUT2D eigenvalue weighted by Crippen LogP contribution is -2.37. The van der Waals surface area contributed by atoms with E-state index in [9.17, 15) is 9.18 Å². The number of rotatable bonds is 8. The molecular formula is C26H28FN3O2. The van der Waals surface area contributed by atoms with Gasteiger partial charge in [0.2, 0.25) is 0 Å². The molecule has 0 spiro atoms. The number of carboxylic acids is 1. The first kappa shape index (κ1) is 22.0. The standard InChI is InChI=1S/C26H28FN3O2/c1-17-7-8-18(11-20(17)13-25(31)32)9-10-28-26(19-5-3-2-4-6-19)21-12-23-24(29-15-21)14-22(27)16-30-23/h2-8,11,14,16,21,26,28-29H,9-10,12-13,15H2,1H3,(H,31,32)/t21?,26-/m1/s1. The van der Waals surface area contributed by atoms with E-state index in [0.717, 1.165) is 54.0 Å². The number of fused-ring (bicyclic) bond motifs is 1. The Hall–Kier alpha value is -3.25. The smallest absolute Gasteiger partial charge is 0.307 e. The van der Waals surface area contributed by atoms with Gasteiger partial charge >= 0.3 is 5.97 Å². The van der Waals surface area contributed by atoms with Crippen molar-refractivity contribution in [1.29, 1.82) is 0 Å². The Bertz CT molecular complexity index is 1090. The normalized spacial score (nSPS) is 16.1. The molecule has 5 nitrogen and oxygen atoms in total. The minimum Gasteiger partial charge on any atom is -0.481 e. The topological polar surface area (TPSA) is 74.2 Å². The van der Waals surface area contributed by atoms with Gasteiger partial charge in [0.25, 0.3) is 0 Å². The Morgan fingerprint density at radius 1 is 1.25 bits per heavy atom. The lowest BCUT2D eigenvalue weighted by molar-refractivity contribution is -0.136. The second-order valence-corrected chi connectivity index (χ2v) is 8.42. The van der Waals surface area contributed by atoms with Crippen LogP contribution in [0.5, 0.6) is 0 Å². The molecule has 0 aliphatic carbocycles. The van der Waals surface area contributed by atoms with Crippen molar-refractivity contribution in [3.8, 4) is 0 Å². The number of carboxylic acid groups (broad SMARTS) is 1. The predicted molar refractivity (Wildman–Crippen MR) is 123 cm³/mol. The third-order valence-electron chi connectivity index (χ3n) is 6.11. The van der Waals surface area contributed by atoms with Gasteiger partial charge in [0.15, 0.2) is 0 Å². The summed E-state index contributed by atoms with van der Waals surface area (Å²) in [6, 6.07) is 18.0. The number of halogens is 1. The fourth-order valence-electron chi connectivity index (χ4n) is 4.40. The molecule has 0 bridgehead atoms. The zero-order valence-corrected chi connectivity index (χ0v) is 18.1. The molecular weight excluding hydrogens is 405 g/mol. The third kappa shape index (κ3) is 5.32. The molecule has 166 valence electrons. The van der Waals surface area contributed by atoms with E-state index < -0.39 is 5.97 Å². The van der Waals surface area contributed by atoms with Crippen molar-refractivity contribution < 1.29 is 14.3 Å². The van der Waals surface area contributed by atoms with Gasteiger partial charge in [-0.1, -0.05) is 48.5 Å². The van der Waals surface area contributed by atoms with Crippen molar-refractivity contribution in [3.63, 3.8) is 0 Å². The van der Waals surface area contributed by atoms with Gasteiger partial charge in [-0.25, -0.2) is 4.39 Å². The summed E-state index contributed by atoms with van der Waals surface area (Å²) in [6.45, 7) is 3.44. The average Bonchev–Trinajstić information content (AvgIpc) is 2.79. The number of aliphatic carboxylic acids is 1. The monoisotopic (exact) mass is 433 g/mol. The summed E-state index contributed by atoms with van der Waals surface area (Å²) >= 11 is 0. The molecule has 0 saturated heterocycles. The van der Waals surface area contributed by atoms with E-state index >= 15 is 0 Å². The van der Waals surface area contributed by atoms with Gasteiger partial charge in [-0.15, -0.1) is 0 Å². The number of hydrogen-bond acceptors (Lipinski definition) is 4. The lowest BCUT2D eigenvalue weighted by Gasteiger charge is -2.33. The third-order valence-corrected chi connectivity index (χ3v) is 6.11. The summed E-state index contributed by atoms with van der Waals surface area (Å²) < 4.78 is 13.5. The van der Waals surface area contributed by atoms with Crippen LogP contribution in [0, 0.1) is 18.7 Å². The highest BCUT2D eigenvalue weighted by Crippen LogP contribution is 2.31. The van der Waals surface area contributed by atoms with Crippen LogP contribution in [0.3, 0.4) is 0 Å². The molecule has 0 radical (unpaired) electrons. The van der Waals surface area contributed by atoms with E-state index in [1.165, 1.54) is 17.8 Å². The number of aryl methyl sites for hydroxylation is 1. The van der Waals surface area contributed by atoms with E-state index in [4.69, 9.17) is 5.11 Å². The first-order valence-corrected chi connectivity index (χ1v) is 11.0. The molecule has 2 atom stereocenters. The maximum Gasteiger partial charge on any atom is 0.307 e. The van der Waals surface area contributed by atoms with E-state index in [-0.39, 0.29) is 24.2 Å². The first-order valence-electron chi connectivity index (χ1n) is 11.0. The fourth-order valence-corrected chi connectivity index (χ4v) is 4.40. The molecule has 1 aromatic heterocycles. The Balaban J connectivity index is 1.47. The van der Waals surface area contributed by atoms with Gasteiger partial charge < -0.3 is 15.7 Å². The van der Waals surface area contributed by atoms with Crippen LogP contribution in [-0.4, -0.2) is 29.1 Å². The number of anilines is 1. The van der Waals surface area contributed by atoms with E-state index in [1.54, 1.807) is 0 Å². The minimum atomic E-state index is -0.814. The highest BCUT2D eigenvalue weighted by atomic mass is 19.1. The SMILES string of the molecule is Cc1ccc(CCN[C@H](c2ccccc2)C2CNc3cc(F)cnc3C2)cc1CC(=O)O. The molecule has 0 fully saturated rings. The molecule has 4 rings (SSSR count). The van der Waals surface area contributed by atoms with Gasteiger partial charge in [0.05, 0.1) is 24.0 Å². The zero-order valence-electron chi connectivity index (χ0n) is 18.1.